The van der Waals surface area contributed by atoms with E-state index in [4.69, 9.17) is 66.3 Å². The zero-order valence-electron chi connectivity index (χ0n) is 41.6. The van der Waals surface area contributed by atoms with Crippen LogP contribution in [0.2, 0.25) is 0 Å². The summed E-state index contributed by atoms with van der Waals surface area (Å²) in [7, 11) is 1.65. The van der Waals surface area contributed by atoms with Crippen LogP contribution in [0.25, 0.3) is 0 Å². The van der Waals surface area contributed by atoms with Gasteiger partial charge in [0.05, 0.1) is 152 Å². The van der Waals surface area contributed by atoms with Gasteiger partial charge in [0.15, 0.2) is 0 Å². The number of ether oxygens (including phenoxy) is 14. The lowest BCUT2D eigenvalue weighted by molar-refractivity contribution is -0.145. The highest BCUT2D eigenvalue weighted by molar-refractivity contribution is 5.81. The molecule has 0 spiro atoms. The van der Waals surface area contributed by atoms with Gasteiger partial charge in [-0.3, -0.25) is 14.4 Å². The Bertz CT molecular complexity index is 1070. The van der Waals surface area contributed by atoms with E-state index in [1.807, 2.05) is 13.8 Å². The number of carbonyl (C=O) groups is 4. The third-order valence-electron chi connectivity index (χ3n) is 8.06. The van der Waals surface area contributed by atoms with Gasteiger partial charge >= 0.3 is 12.1 Å². The normalized spacial score (nSPS) is 11.2. The highest BCUT2D eigenvalue weighted by atomic mass is 16.6. The second-order valence-corrected chi connectivity index (χ2v) is 14.8. The Kier molecular flexibility index (Phi) is 51.0. The number of hydrogen-bond acceptors (Lipinski definition) is 18. The zero-order valence-corrected chi connectivity index (χ0v) is 41.6. The van der Waals surface area contributed by atoms with Crippen LogP contribution in [-0.2, 0) is 80.7 Å². The van der Waals surface area contributed by atoms with Gasteiger partial charge < -0.3 is 81.8 Å². The molecule has 0 atom stereocenters. The maximum Gasteiger partial charge on any atom is 0.407 e. The van der Waals surface area contributed by atoms with E-state index in [9.17, 15) is 19.2 Å². The molecule has 21 heteroatoms. The van der Waals surface area contributed by atoms with Crippen LogP contribution in [0.3, 0.4) is 0 Å². The molecule has 0 aliphatic heterocycles. The van der Waals surface area contributed by atoms with Crippen molar-refractivity contribution in [2.24, 2.45) is 0 Å². The number of amides is 3. The molecule has 66 heavy (non-hydrogen) atoms. The molecule has 2 N–H and O–H groups in total. The maximum atomic E-state index is 12.8. The van der Waals surface area contributed by atoms with E-state index in [-0.39, 0.29) is 44.3 Å². The topological polar surface area (TPSA) is 225 Å². The SMILES string of the molecule is CCOCCOCCOCCOCCOCCOC.CCOCCOCCOCCOCCOCCOCCC(=O)NCCCN(CCCNC(=O)OC(C)(C)C)C(=O)CCC(=O)OCC. The summed E-state index contributed by atoms with van der Waals surface area (Å²) in [6, 6.07) is 0. The number of alkyl carbamates (subject to hydrolysis) is 1. The smallest absolute Gasteiger partial charge is 0.407 e. The van der Waals surface area contributed by atoms with Gasteiger partial charge in [0.2, 0.25) is 11.8 Å². The van der Waals surface area contributed by atoms with E-state index in [0.717, 1.165) is 6.61 Å². The largest absolute Gasteiger partial charge is 0.466 e. The summed E-state index contributed by atoms with van der Waals surface area (Å²) in [5.41, 5.74) is -0.600. The first kappa shape index (κ1) is 65.3. The predicted molar refractivity (Wildman–Crippen MR) is 246 cm³/mol. The van der Waals surface area contributed by atoms with Crippen molar-refractivity contribution < 1.29 is 85.5 Å². The minimum atomic E-state index is -0.600. The minimum Gasteiger partial charge on any atom is -0.466 e. The molecule has 0 bridgehead atoms. The van der Waals surface area contributed by atoms with Gasteiger partial charge in [-0.15, -0.1) is 0 Å². The van der Waals surface area contributed by atoms with E-state index in [0.29, 0.717) is 178 Å². The standard InChI is InChI=1S/C32H61N3O12.C13H28O6/c1-6-40-18-19-42-22-23-44-26-27-45-25-24-43-21-20-41-17-12-28(36)33-13-8-15-35(29(37)10-11-30(38)46-7-2)16-9-14-34-31(39)47-32(3,4)5;1-3-15-6-7-17-10-11-19-13-12-18-9-8-16-5-4-14-2/h6-27H2,1-5H3,(H,33,36)(H,34,39);3-13H2,1-2H3. The van der Waals surface area contributed by atoms with E-state index < -0.39 is 17.7 Å². The van der Waals surface area contributed by atoms with Crippen LogP contribution in [0.5, 0.6) is 0 Å². The summed E-state index contributed by atoms with van der Waals surface area (Å²) in [6.45, 7) is 25.2. The number of nitrogens with zero attached hydrogens (tertiary/aromatic N) is 1. The molecule has 0 radical (unpaired) electrons. The number of nitrogens with one attached hydrogen (secondary N) is 2. The van der Waals surface area contributed by atoms with Crippen LogP contribution in [0, 0.1) is 0 Å². The van der Waals surface area contributed by atoms with Crippen molar-refractivity contribution >= 4 is 23.9 Å². The van der Waals surface area contributed by atoms with Gasteiger partial charge in [0, 0.05) is 59.3 Å². The van der Waals surface area contributed by atoms with Crippen LogP contribution < -0.4 is 10.6 Å². The molecule has 0 aromatic carbocycles. The average Bonchev–Trinajstić information content (AvgIpc) is 3.28. The fraction of sp³-hybridized carbons (Fsp3) is 0.911. The van der Waals surface area contributed by atoms with E-state index >= 15 is 0 Å². The Morgan fingerprint density at radius 3 is 1.17 bits per heavy atom. The summed E-state index contributed by atoms with van der Waals surface area (Å²) in [6.07, 6.45) is 0.748. The maximum absolute atomic E-state index is 12.8. The lowest BCUT2D eigenvalue weighted by Gasteiger charge is -2.23. The highest BCUT2D eigenvalue weighted by Gasteiger charge is 2.18. The molecule has 0 aliphatic rings. The van der Waals surface area contributed by atoms with Crippen molar-refractivity contribution in [2.45, 2.75) is 79.2 Å². The van der Waals surface area contributed by atoms with Crippen molar-refractivity contribution in [1.29, 1.82) is 0 Å². The fourth-order valence-electron chi connectivity index (χ4n) is 4.90. The summed E-state index contributed by atoms with van der Waals surface area (Å²) < 4.78 is 73.6. The molecule has 0 aromatic heterocycles. The average molecular weight is 960 g/mol. The van der Waals surface area contributed by atoms with Crippen LogP contribution in [0.4, 0.5) is 4.79 Å². The van der Waals surface area contributed by atoms with Gasteiger partial charge in [0.1, 0.15) is 5.60 Å². The Labute approximate surface area is 395 Å². The van der Waals surface area contributed by atoms with Crippen LogP contribution >= 0.6 is 0 Å². The lowest BCUT2D eigenvalue weighted by atomic mass is 10.2. The molecule has 3 amide bonds. The number of carbonyl (C=O) groups excluding carboxylic acids is 4. The van der Waals surface area contributed by atoms with E-state index in [1.54, 1.807) is 39.7 Å². The summed E-state index contributed by atoms with van der Waals surface area (Å²) in [4.78, 5) is 50.1. The van der Waals surface area contributed by atoms with Crippen molar-refractivity contribution in [3.05, 3.63) is 0 Å². The third-order valence-corrected chi connectivity index (χ3v) is 8.06. The first-order valence-corrected chi connectivity index (χ1v) is 23.5. The molecule has 0 heterocycles. The fourth-order valence-corrected chi connectivity index (χ4v) is 4.90. The quantitative estimate of drug-likeness (QED) is 0.0661. The Morgan fingerprint density at radius 2 is 0.803 bits per heavy atom. The first-order chi connectivity index (χ1) is 32.0. The summed E-state index contributed by atoms with van der Waals surface area (Å²) >= 11 is 0. The highest BCUT2D eigenvalue weighted by Crippen LogP contribution is 2.07. The molecule has 392 valence electrons. The van der Waals surface area contributed by atoms with Gasteiger partial charge in [-0.2, -0.15) is 0 Å². The van der Waals surface area contributed by atoms with Crippen molar-refractivity contribution in [3.63, 3.8) is 0 Å². The molecular weight excluding hydrogens is 870 g/mol. The number of rotatable bonds is 47. The molecule has 21 nitrogen and oxygen atoms in total. The van der Waals surface area contributed by atoms with Crippen LogP contribution in [-0.4, -0.2) is 226 Å². The molecule has 0 saturated carbocycles. The molecule has 0 rings (SSSR count). The Balaban J connectivity index is 0. The van der Waals surface area contributed by atoms with Crippen molar-refractivity contribution in [1.82, 2.24) is 15.5 Å². The van der Waals surface area contributed by atoms with Crippen molar-refractivity contribution in [2.75, 3.05) is 192 Å². The second kappa shape index (κ2) is 51.6. The molecule has 0 fully saturated rings. The van der Waals surface area contributed by atoms with Crippen molar-refractivity contribution in [3.8, 4) is 0 Å². The molecule has 0 aliphatic carbocycles. The number of methoxy groups -OCH3 is 1. The number of hydrogen-bond donors (Lipinski definition) is 2. The number of esters is 1. The summed E-state index contributed by atoms with van der Waals surface area (Å²) in [5.74, 6) is -0.768. The summed E-state index contributed by atoms with van der Waals surface area (Å²) in [5, 5.41) is 5.51. The molecule has 0 aromatic rings. The van der Waals surface area contributed by atoms with E-state index in [1.165, 1.54) is 0 Å². The molecule has 0 unspecified atom stereocenters. The van der Waals surface area contributed by atoms with Crippen LogP contribution in [0.15, 0.2) is 0 Å². The van der Waals surface area contributed by atoms with Gasteiger partial charge in [-0.25, -0.2) is 4.79 Å². The Hall–Kier alpha value is -2.80. The Morgan fingerprint density at radius 1 is 0.439 bits per heavy atom. The predicted octanol–water partition coefficient (Wildman–Crippen LogP) is 2.82. The lowest BCUT2D eigenvalue weighted by Crippen LogP contribution is -2.38. The first-order valence-electron chi connectivity index (χ1n) is 23.5. The molecular formula is C45H89N3O18. The second-order valence-electron chi connectivity index (χ2n) is 14.8. The van der Waals surface area contributed by atoms with Gasteiger partial charge in [-0.05, 0) is 54.4 Å². The minimum absolute atomic E-state index is 0.00253. The molecule has 0 saturated heterocycles. The van der Waals surface area contributed by atoms with Crippen LogP contribution in [0.1, 0.15) is 73.6 Å². The monoisotopic (exact) mass is 960 g/mol. The third kappa shape index (κ3) is 53.8. The van der Waals surface area contributed by atoms with E-state index in [2.05, 4.69) is 10.6 Å². The van der Waals surface area contributed by atoms with Gasteiger partial charge in [0.25, 0.3) is 0 Å². The zero-order chi connectivity index (χ0) is 49.0. The van der Waals surface area contributed by atoms with Gasteiger partial charge in [-0.1, -0.05) is 0 Å².